The predicted octanol–water partition coefficient (Wildman–Crippen LogP) is 5.00. The number of esters is 1. The first-order valence-electron chi connectivity index (χ1n) is 11.3. The molecule has 2 aromatic carbocycles. The first-order chi connectivity index (χ1) is 17.8. The van der Waals surface area contributed by atoms with E-state index in [-0.39, 0.29) is 29.1 Å². The van der Waals surface area contributed by atoms with E-state index in [1.54, 1.807) is 47.0 Å². The number of carbonyl (C=O) groups excluding carboxylic acids is 3. The molecule has 194 valence electrons. The van der Waals surface area contributed by atoms with Crippen molar-refractivity contribution in [2.75, 3.05) is 17.7 Å². The number of ether oxygens (including phenoxy) is 1. The van der Waals surface area contributed by atoms with E-state index in [4.69, 9.17) is 27.9 Å². The summed E-state index contributed by atoms with van der Waals surface area (Å²) in [6.07, 6.45) is 2.39. The smallest absolute Gasteiger partial charge is 0.338 e. The summed E-state index contributed by atoms with van der Waals surface area (Å²) in [5.41, 5.74) is 1.20. The fourth-order valence-electron chi connectivity index (χ4n) is 3.10. The monoisotopic (exact) mass is 561 g/mol. The van der Waals surface area contributed by atoms with Crippen LogP contribution in [0.25, 0.3) is 0 Å². The Labute approximate surface area is 228 Å². The molecule has 2 N–H and O–H groups in total. The quantitative estimate of drug-likeness (QED) is 0.181. The first kappa shape index (κ1) is 28.2. The maximum absolute atomic E-state index is 12.5. The number of thioether (sulfide) groups is 1. The van der Waals surface area contributed by atoms with E-state index < -0.39 is 5.97 Å². The molecule has 0 saturated heterocycles. The molecule has 0 aliphatic carbocycles. The standard InChI is InChI=1S/C25H25Cl2N5O4S/c1-3-10-32-21(14-28-23(34)16-8-9-19(26)20(27)13-16)30-31-25(32)37-15-22(33)29-18-7-5-6-17(12-18)24(35)36-11-4-2/h3,5-9,12-13H,1,4,10-11,14-15H2,2H3,(H,28,34)(H,29,33). The van der Waals surface area contributed by atoms with Crippen LogP contribution >= 0.6 is 35.0 Å². The van der Waals surface area contributed by atoms with Crippen LogP contribution in [0.1, 0.15) is 39.9 Å². The third kappa shape index (κ3) is 8.08. The van der Waals surface area contributed by atoms with Crippen LogP contribution in [-0.4, -0.2) is 44.9 Å². The molecule has 9 nitrogen and oxygen atoms in total. The summed E-state index contributed by atoms with van der Waals surface area (Å²) in [5, 5.41) is 15.0. The van der Waals surface area contributed by atoms with Crippen LogP contribution < -0.4 is 10.6 Å². The Morgan fingerprint density at radius 1 is 1.11 bits per heavy atom. The predicted molar refractivity (Wildman–Crippen MR) is 144 cm³/mol. The molecule has 0 spiro atoms. The lowest BCUT2D eigenvalue weighted by atomic mass is 10.2. The molecule has 3 rings (SSSR count). The molecule has 0 aliphatic heterocycles. The van der Waals surface area contributed by atoms with Crippen molar-refractivity contribution in [3.05, 3.63) is 82.1 Å². The van der Waals surface area contributed by atoms with Gasteiger partial charge in [-0.15, -0.1) is 16.8 Å². The number of nitrogens with zero attached hydrogens (tertiary/aromatic N) is 3. The Kier molecular flexibility index (Phi) is 10.6. The molecule has 37 heavy (non-hydrogen) atoms. The minimum Gasteiger partial charge on any atom is -0.462 e. The van der Waals surface area contributed by atoms with Gasteiger partial charge in [0.2, 0.25) is 5.91 Å². The van der Waals surface area contributed by atoms with Gasteiger partial charge in [0.05, 0.1) is 34.5 Å². The van der Waals surface area contributed by atoms with Crippen molar-refractivity contribution in [2.45, 2.75) is 31.6 Å². The molecule has 1 aromatic heterocycles. The van der Waals surface area contributed by atoms with Crippen LogP contribution in [0.5, 0.6) is 0 Å². The average Bonchev–Trinajstić information content (AvgIpc) is 3.27. The highest BCUT2D eigenvalue weighted by Gasteiger charge is 2.16. The lowest BCUT2D eigenvalue weighted by Gasteiger charge is -2.10. The fraction of sp³-hybridized carbons (Fsp3) is 0.240. The third-order valence-electron chi connectivity index (χ3n) is 4.85. The molecular formula is C25H25Cl2N5O4S. The molecule has 2 amide bonds. The minimum absolute atomic E-state index is 0.0510. The fourth-order valence-corrected chi connectivity index (χ4v) is 4.16. The molecule has 3 aromatic rings. The first-order valence-corrected chi connectivity index (χ1v) is 13.0. The largest absolute Gasteiger partial charge is 0.462 e. The highest BCUT2D eigenvalue weighted by atomic mass is 35.5. The number of benzene rings is 2. The van der Waals surface area contributed by atoms with Gasteiger partial charge in [0.25, 0.3) is 5.91 Å². The van der Waals surface area contributed by atoms with E-state index in [0.29, 0.717) is 46.0 Å². The normalized spacial score (nSPS) is 10.6. The molecule has 0 radical (unpaired) electrons. The number of aromatic nitrogens is 3. The summed E-state index contributed by atoms with van der Waals surface area (Å²) in [6, 6.07) is 11.2. The number of anilines is 1. The Hall–Kier alpha value is -3.34. The minimum atomic E-state index is -0.441. The van der Waals surface area contributed by atoms with Crippen molar-refractivity contribution >= 4 is 58.4 Å². The summed E-state index contributed by atoms with van der Waals surface area (Å²) >= 11 is 13.1. The Bertz CT molecular complexity index is 1300. The molecule has 0 bridgehead atoms. The van der Waals surface area contributed by atoms with Crippen LogP contribution in [0.15, 0.2) is 60.3 Å². The second kappa shape index (κ2) is 13.8. The second-order valence-corrected chi connectivity index (χ2v) is 9.42. The SMILES string of the molecule is C=CCn1c(CNC(=O)c2ccc(Cl)c(Cl)c2)nnc1SCC(=O)Nc1cccc(C(=O)OCCC)c1. The van der Waals surface area contributed by atoms with Crippen molar-refractivity contribution in [1.29, 1.82) is 0 Å². The van der Waals surface area contributed by atoms with Gasteiger partial charge < -0.3 is 19.9 Å². The van der Waals surface area contributed by atoms with Crippen LogP contribution in [0.2, 0.25) is 10.0 Å². The molecule has 0 fully saturated rings. The van der Waals surface area contributed by atoms with Crippen molar-refractivity contribution in [3.8, 4) is 0 Å². The number of hydrogen-bond acceptors (Lipinski definition) is 7. The summed E-state index contributed by atoms with van der Waals surface area (Å²) < 4.78 is 6.89. The highest BCUT2D eigenvalue weighted by Crippen LogP contribution is 2.23. The number of nitrogens with one attached hydrogen (secondary N) is 2. The Balaban J connectivity index is 1.59. The lowest BCUT2D eigenvalue weighted by molar-refractivity contribution is -0.113. The van der Waals surface area contributed by atoms with Gasteiger partial charge in [-0.1, -0.05) is 54.0 Å². The van der Waals surface area contributed by atoms with Gasteiger partial charge in [-0.25, -0.2) is 4.79 Å². The van der Waals surface area contributed by atoms with Gasteiger partial charge in [0.15, 0.2) is 11.0 Å². The number of amides is 2. The molecule has 0 unspecified atom stereocenters. The number of hydrogen-bond donors (Lipinski definition) is 2. The molecule has 12 heteroatoms. The van der Waals surface area contributed by atoms with Crippen molar-refractivity contribution < 1.29 is 19.1 Å². The molecule has 1 heterocycles. The van der Waals surface area contributed by atoms with E-state index in [0.717, 1.165) is 6.42 Å². The summed E-state index contributed by atoms with van der Waals surface area (Å²) in [4.78, 5) is 37.1. The van der Waals surface area contributed by atoms with Crippen LogP contribution in [0.4, 0.5) is 5.69 Å². The topological polar surface area (TPSA) is 115 Å². The van der Waals surface area contributed by atoms with Crippen molar-refractivity contribution in [3.63, 3.8) is 0 Å². The summed E-state index contributed by atoms with van der Waals surface area (Å²) in [6.45, 7) is 6.49. The molecule has 0 aliphatic rings. The van der Waals surface area contributed by atoms with Crippen molar-refractivity contribution in [2.24, 2.45) is 0 Å². The van der Waals surface area contributed by atoms with E-state index >= 15 is 0 Å². The van der Waals surface area contributed by atoms with Crippen LogP contribution in [-0.2, 0) is 22.6 Å². The molecule has 0 atom stereocenters. The second-order valence-electron chi connectivity index (χ2n) is 7.66. The van der Waals surface area contributed by atoms with Gasteiger partial charge >= 0.3 is 5.97 Å². The zero-order valence-corrected chi connectivity index (χ0v) is 22.3. The van der Waals surface area contributed by atoms with Crippen LogP contribution in [0, 0.1) is 0 Å². The average molecular weight is 562 g/mol. The van der Waals surface area contributed by atoms with Gasteiger partial charge in [-0.2, -0.15) is 0 Å². The van der Waals surface area contributed by atoms with Crippen LogP contribution in [0.3, 0.4) is 0 Å². The zero-order valence-electron chi connectivity index (χ0n) is 20.0. The van der Waals surface area contributed by atoms with Gasteiger partial charge in [-0.3, -0.25) is 9.59 Å². The van der Waals surface area contributed by atoms with Gasteiger partial charge in [0.1, 0.15) is 0 Å². The highest BCUT2D eigenvalue weighted by molar-refractivity contribution is 7.99. The molecular weight excluding hydrogens is 537 g/mol. The van der Waals surface area contributed by atoms with Gasteiger partial charge in [-0.05, 0) is 42.8 Å². The van der Waals surface area contributed by atoms with Crippen molar-refractivity contribution in [1.82, 2.24) is 20.1 Å². The summed E-state index contributed by atoms with van der Waals surface area (Å²) in [7, 11) is 0. The Morgan fingerprint density at radius 3 is 2.65 bits per heavy atom. The lowest BCUT2D eigenvalue weighted by Crippen LogP contribution is -2.25. The van der Waals surface area contributed by atoms with E-state index in [9.17, 15) is 14.4 Å². The van der Waals surface area contributed by atoms with E-state index in [1.165, 1.54) is 17.8 Å². The number of carbonyl (C=O) groups is 3. The summed E-state index contributed by atoms with van der Waals surface area (Å²) in [5.74, 6) is -0.527. The maximum atomic E-state index is 12.5. The number of rotatable bonds is 12. The molecule has 0 saturated carbocycles. The third-order valence-corrected chi connectivity index (χ3v) is 6.55. The Morgan fingerprint density at radius 2 is 1.92 bits per heavy atom. The zero-order chi connectivity index (χ0) is 26.8. The van der Waals surface area contributed by atoms with Gasteiger partial charge in [0, 0.05) is 17.8 Å². The van der Waals surface area contributed by atoms with E-state index in [1.807, 2.05) is 6.92 Å². The van der Waals surface area contributed by atoms with E-state index in [2.05, 4.69) is 27.4 Å². The number of allylic oxidation sites excluding steroid dienone is 1. The number of halogens is 2. The maximum Gasteiger partial charge on any atom is 0.338 e.